The van der Waals surface area contributed by atoms with Gasteiger partial charge in [0.2, 0.25) is 0 Å². The van der Waals surface area contributed by atoms with Crippen LogP contribution in [0.3, 0.4) is 0 Å². The Kier molecular flexibility index (Phi) is 6.04. The van der Waals surface area contributed by atoms with Crippen LogP contribution in [0.4, 0.5) is 0 Å². The fourth-order valence-electron chi connectivity index (χ4n) is 1.09. The molecule has 0 amide bonds. The van der Waals surface area contributed by atoms with Crippen molar-refractivity contribution >= 4 is 11.6 Å². The Labute approximate surface area is 101 Å². The molecule has 1 unspecified atom stereocenters. The Morgan fingerprint density at radius 1 is 1.19 bits per heavy atom. The third kappa shape index (κ3) is 4.73. The highest BCUT2D eigenvalue weighted by molar-refractivity contribution is 6.18. The molecule has 0 fully saturated rings. The molecular formula is C12H17ClO3. The zero-order chi connectivity index (χ0) is 11.8. The van der Waals surface area contributed by atoms with Crippen molar-refractivity contribution in [2.75, 3.05) is 19.1 Å². The Morgan fingerprint density at radius 2 is 1.75 bits per heavy atom. The topological polar surface area (TPSA) is 38.7 Å². The fraction of sp³-hybridized carbons (Fsp3) is 0.500. The minimum atomic E-state index is -0.627. The van der Waals surface area contributed by atoms with Crippen LogP contribution < -0.4 is 9.47 Å². The smallest absolute Gasteiger partial charge is 0.119 e. The molecule has 90 valence electrons. The van der Waals surface area contributed by atoms with E-state index in [1.807, 2.05) is 24.3 Å². The zero-order valence-corrected chi connectivity index (χ0v) is 10.1. The molecule has 0 aliphatic carbocycles. The molecule has 1 N–H and O–H groups in total. The number of hydrogen-bond donors (Lipinski definition) is 1. The summed E-state index contributed by atoms with van der Waals surface area (Å²) in [4.78, 5) is 0. The van der Waals surface area contributed by atoms with E-state index in [-0.39, 0.29) is 12.5 Å². The summed E-state index contributed by atoms with van der Waals surface area (Å²) in [5, 5.41) is 9.21. The monoisotopic (exact) mass is 244 g/mol. The second kappa shape index (κ2) is 7.36. The Morgan fingerprint density at radius 3 is 2.25 bits per heavy atom. The van der Waals surface area contributed by atoms with Gasteiger partial charge in [0.15, 0.2) is 0 Å². The first kappa shape index (κ1) is 13.1. The molecule has 0 aliphatic rings. The number of rotatable bonds is 7. The van der Waals surface area contributed by atoms with E-state index >= 15 is 0 Å². The molecule has 0 saturated heterocycles. The lowest BCUT2D eigenvalue weighted by molar-refractivity contribution is 0.125. The van der Waals surface area contributed by atoms with E-state index in [1.165, 1.54) is 0 Å². The summed E-state index contributed by atoms with van der Waals surface area (Å²) in [6.07, 6.45) is 0.359. The van der Waals surface area contributed by atoms with Gasteiger partial charge >= 0.3 is 0 Å². The Balaban J connectivity index is 2.38. The van der Waals surface area contributed by atoms with E-state index in [0.29, 0.717) is 12.4 Å². The van der Waals surface area contributed by atoms with Crippen molar-refractivity contribution in [3.8, 4) is 11.5 Å². The molecule has 0 heterocycles. The van der Waals surface area contributed by atoms with Gasteiger partial charge in [-0.3, -0.25) is 0 Å². The van der Waals surface area contributed by atoms with Gasteiger partial charge in [0.25, 0.3) is 0 Å². The average Bonchev–Trinajstić information content (AvgIpc) is 2.34. The van der Waals surface area contributed by atoms with E-state index in [0.717, 1.165) is 12.2 Å². The Hall–Kier alpha value is -0.930. The van der Waals surface area contributed by atoms with Crippen LogP contribution in [-0.2, 0) is 0 Å². The zero-order valence-electron chi connectivity index (χ0n) is 9.36. The van der Waals surface area contributed by atoms with Gasteiger partial charge in [-0.25, -0.2) is 0 Å². The van der Waals surface area contributed by atoms with E-state index in [2.05, 4.69) is 6.92 Å². The first-order valence-electron chi connectivity index (χ1n) is 5.36. The number of hydrogen-bond acceptors (Lipinski definition) is 3. The summed E-state index contributed by atoms with van der Waals surface area (Å²) < 4.78 is 10.8. The quantitative estimate of drug-likeness (QED) is 0.749. The minimum Gasteiger partial charge on any atom is -0.494 e. The number of aliphatic hydroxyl groups is 1. The predicted molar refractivity (Wildman–Crippen MR) is 64.4 cm³/mol. The maximum atomic E-state index is 9.21. The fourth-order valence-corrected chi connectivity index (χ4v) is 1.18. The van der Waals surface area contributed by atoms with Crippen LogP contribution in [0, 0.1) is 0 Å². The number of alkyl halides is 1. The van der Waals surface area contributed by atoms with Crippen molar-refractivity contribution in [1.29, 1.82) is 0 Å². The molecule has 0 radical (unpaired) electrons. The summed E-state index contributed by atoms with van der Waals surface area (Å²) in [7, 11) is 0. The first-order chi connectivity index (χ1) is 7.76. The van der Waals surface area contributed by atoms with Crippen molar-refractivity contribution in [3.63, 3.8) is 0 Å². The molecule has 4 heteroatoms. The van der Waals surface area contributed by atoms with Gasteiger partial charge in [0, 0.05) is 0 Å². The van der Waals surface area contributed by atoms with Crippen molar-refractivity contribution in [3.05, 3.63) is 24.3 Å². The molecule has 16 heavy (non-hydrogen) atoms. The lowest BCUT2D eigenvalue weighted by atomic mass is 10.3. The van der Waals surface area contributed by atoms with Crippen LogP contribution in [0.2, 0.25) is 0 Å². The second-order valence-electron chi connectivity index (χ2n) is 3.44. The highest BCUT2D eigenvalue weighted by Gasteiger charge is 2.03. The Bertz CT molecular complexity index is 287. The van der Waals surface area contributed by atoms with Crippen LogP contribution in [0.5, 0.6) is 11.5 Å². The SMILES string of the molecule is CCCOc1ccc(OCC(O)CCl)cc1. The lowest BCUT2D eigenvalue weighted by Crippen LogP contribution is -2.18. The largest absolute Gasteiger partial charge is 0.494 e. The molecule has 0 bridgehead atoms. The van der Waals surface area contributed by atoms with E-state index in [9.17, 15) is 5.11 Å². The van der Waals surface area contributed by atoms with E-state index in [1.54, 1.807) is 0 Å². The maximum absolute atomic E-state index is 9.21. The van der Waals surface area contributed by atoms with Crippen molar-refractivity contribution in [2.24, 2.45) is 0 Å². The van der Waals surface area contributed by atoms with Gasteiger partial charge in [-0.05, 0) is 30.7 Å². The van der Waals surface area contributed by atoms with E-state index < -0.39 is 6.10 Å². The highest BCUT2D eigenvalue weighted by Crippen LogP contribution is 2.17. The second-order valence-corrected chi connectivity index (χ2v) is 3.75. The maximum Gasteiger partial charge on any atom is 0.119 e. The third-order valence-corrected chi connectivity index (χ3v) is 2.27. The average molecular weight is 245 g/mol. The molecule has 1 atom stereocenters. The summed E-state index contributed by atoms with van der Waals surface area (Å²) in [5.41, 5.74) is 0. The third-order valence-electron chi connectivity index (χ3n) is 1.92. The molecule has 1 aromatic rings. The molecule has 1 aromatic carbocycles. The van der Waals surface area contributed by atoms with Crippen LogP contribution in [-0.4, -0.2) is 30.3 Å². The molecule has 0 aromatic heterocycles. The lowest BCUT2D eigenvalue weighted by Gasteiger charge is -2.10. The normalized spacial score (nSPS) is 12.2. The standard InChI is InChI=1S/C12H17ClO3/c1-2-7-15-11-3-5-12(6-4-11)16-9-10(14)8-13/h3-6,10,14H,2,7-9H2,1H3. The van der Waals surface area contributed by atoms with Crippen LogP contribution in [0.15, 0.2) is 24.3 Å². The molecule has 0 aliphatic heterocycles. The van der Waals surface area contributed by atoms with Crippen LogP contribution in [0.25, 0.3) is 0 Å². The van der Waals surface area contributed by atoms with Crippen molar-refractivity contribution in [1.82, 2.24) is 0 Å². The summed E-state index contributed by atoms with van der Waals surface area (Å²) in [6, 6.07) is 7.31. The van der Waals surface area contributed by atoms with Crippen molar-refractivity contribution < 1.29 is 14.6 Å². The predicted octanol–water partition coefficient (Wildman–Crippen LogP) is 2.45. The van der Waals surface area contributed by atoms with Crippen LogP contribution in [0.1, 0.15) is 13.3 Å². The molecule has 1 rings (SSSR count). The molecule has 0 saturated carbocycles. The first-order valence-corrected chi connectivity index (χ1v) is 5.89. The van der Waals surface area contributed by atoms with Gasteiger partial charge in [0.05, 0.1) is 12.5 Å². The molecule has 3 nitrogen and oxygen atoms in total. The van der Waals surface area contributed by atoms with Gasteiger partial charge in [-0.1, -0.05) is 6.92 Å². The van der Waals surface area contributed by atoms with Gasteiger partial charge < -0.3 is 14.6 Å². The van der Waals surface area contributed by atoms with Gasteiger partial charge in [0.1, 0.15) is 24.2 Å². The van der Waals surface area contributed by atoms with Gasteiger partial charge in [-0.15, -0.1) is 11.6 Å². The van der Waals surface area contributed by atoms with Gasteiger partial charge in [-0.2, -0.15) is 0 Å². The van der Waals surface area contributed by atoms with Crippen LogP contribution >= 0.6 is 11.6 Å². The highest BCUT2D eigenvalue weighted by atomic mass is 35.5. The molecular weight excluding hydrogens is 228 g/mol. The summed E-state index contributed by atoms with van der Waals surface area (Å²) >= 11 is 5.45. The summed E-state index contributed by atoms with van der Waals surface area (Å²) in [6.45, 7) is 2.98. The number of ether oxygens (including phenoxy) is 2. The number of benzene rings is 1. The van der Waals surface area contributed by atoms with E-state index in [4.69, 9.17) is 21.1 Å². The minimum absolute atomic E-state index is 0.178. The number of aliphatic hydroxyl groups excluding tert-OH is 1. The molecule has 0 spiro atoms. The summed E-state index contributed by atoms with van der Waals surface area (Å²) in [5.74, 6) is 1.71. The van der Waals surface area contributed by atoms with Crippen molar-refractivity contribution in [2.45, 2.75) is 19.4 Å². The number of halogens is 1.